The molecule has 0 saturated carbocycles. The number of alkyl halides is 2. The smallest absolute Gasteiger partial charge is 0.336 e. The molecule has 0 radical (unpaired) electrons. The van der Waals surface area contributed by atoms with Crippen LogP contribution in [0.15, 0.2) is 0 Å². The molecule has 1 atom stereocenters. The number of halogens is 2. The molecule has 1 unspecified atom stereocenters. The van der Waals surface area contributed by atoms with Crippen LogP contribution >= 0.6 is 0 Å². The molecule has 0 aromatic heterocycles. The van der Waals surface area contributed by atoms with Crippen LogP contribution in [0.25, 0.3) is 0 Å². The predicted octanol–water partition coefficient (Wildman–Crippen LogP) is 1.21. The minimum atomic E-state index is -3.07. The first-order chi connectivity index (χ1) is 8.54. The van der Waals surface area contributed by atoms with E-state index in [4.69, 9.17) is 4.74 Å². The molecule has 1 aliphatic heterocycles. The summed E-state index contributed by atoms with van der Waals surface area (Å²) in [4.78, 5) is 24.5. The Morgan fingerprint density at radius 3 is 2.53 bits per heavy atom. The van der Waals surface area contributed by atoms with Crippen molar-refractivity contribution < 1.29 is 27.8 Å². The molecule has 7 heteroatoms. The van der Waals surface area contributed by atoms with E-state index in [-0.39, 0.29) is 13.1 Å². The van der Waals surface area contributed by atoms with Crippen LogP contribution in [-0.2, 0) is 19.1 Å². The molecule has 19 heavy (non-hydrogen) atoms. The second-order valence-corrected chi connectivity index (χ2v) is 5.41. The van der Waals surface area contributed by atoms with Gasteiger partial charge in [-0.3, -0.25) is 4.79 Å². The first kappa shape index (κ1) is 15.8. The summed E-state index contributed by atoms with van der Waals surface area (Å²) in [6, 6.07) is 0. The van der Waals surface area contributed by atoms with E-state index in [0.717, 1.165) is 0 Å². The molecule has 1 amide bonds. The number of ether oxygens (including phenoxy) is 2. The van der Waals surface area contributed by atoms with Gasteiger partial charge >= 0.3 is 5.97 Å². The monoisotopic (exact) mass is 279 g/mol. The number of carbonyl (C=O) groups is 2. The maximum atomic E-state index is 12.9. The summed E-state index contributed by atoms with van der Waals surface area (Å²) in [6.45, 7) is 4.16. The second kappa shape index (κ2) is 5.40. The Hall–Kier alpha value is -1.24. The Kier molecular flexibility index (Phi) is 4.50. The maximum Gasteiger partial charge on any atom is 0.336 e. The van der Waals surface area contributed by atoms with Crippen LogP contribution in [0, 0.1) is 0 Å². The number of hydrogen-bond donors (Lipinski definition) is 0. The fourth-order valence-electron chi connectivity index (χ4n) is 2.01. The normalized spacial score (nSPS) is 23.1. The number of methoxy groups -OCH3 is 1. The van der Waals surface area contributed by atoms with Crippen molar-refractivity contribution in [2.45, 2.75) is 44.8 Å². The molecule has 1 heterocycles. The minimum absolute atomic E-state index is 0.0645. The van der Waals surface area contributed by atoms with E-state index in [1.165, 1.54) is 12.0 Å². The molecule has 0 N–H and O–H groups in total. The van der Waals surface area contributed by atoms with Gasteiger partial charge in [-0.1, -0.05) is 0 Å². The summed E-state index contributed by atoms with van der Waals surface area (Å²) >= 11 is 0. The van der Waals surface area contributed by atoms with Crippen LogP contribution in [0.2, 0.25) is 0 Å². The molecule has 0 spiro atoms. The number of rotatable bonds is 3. The molecule has 0 aromatic carbocycles. The van der Waals surface area contributed by atoms with Gasteiger partial charge < -0.3 is 14.4 Å². The van der Waals surface area contributed by atoms with E-state index in [1.54, 1.807) is 13.8 Å². The highest BCUT2D eigenvalue weighted by molar-refractivity contribution is 5.80. The molecule has 110 valence electrons. The van der Waals surface area contributed by atoms with Crippen LogP contribution in [0.4, 0.5) is 8.78 Å². The Morgan fingerprint density at radius 1 is 1.47 bits per heavy atom. The summed E-state index contributed by atoms with van der Waals surface area (Å²) in [7, 11) is 1.21. The number of amides is 1. The summed E-state index contributed by atoms with van der Waals surface area (Å²) in [5, 5.41) is 0. The van der Waals surface area contributed by atoms with Crippen LogP contribution in [0.3, 0.4) is 0 Å². The van der Waals surface area contributed by atoms with Gasteiger partial charge in [0.2, 0.25) is 5.91 Å². The van der Waals surface area contributed by atoms with Gasteiger partial charge in [0.05, 0.1) is 25.7 Å². The first-order valence-electron chi connectivity index (χ1n) is 5.95. The number of esters is 1. The van der Waals surface area contributed by atoms with E-state index < -0.39 is 35.9 Å². The molecule has 1 saturated heterocycles. The van der Waals surface area contributed by atoms with E-state index in [2.05, 4.69) is 4.74 Å². The highest BCUT2D eigenvalue weighted by Gasteiger charge is 2.40. The third-order valence-electron chi connectivity index (χ3n) is 2.70. The SMILES string of the molecule is COC(=O)C1CN(C(=O)CC(C)(F)F)CC(C)(C)O1. The number of hydrogen-bond acceptors (Lipinski definition) is 4. The van der Waals surface area contributed by atoms with Crippen molar-refractivity contribution in [3.05, 3.63) is 0 Å². The fourth-order valence-corrected chi connectivity index (χ4v) is 2.01. The highest BCUT2D eigenvalue weighted by atomic mass is 19.3. The molecule has 0 bridgehead atoms. The van der Waals surface area contributed by atoms with E-state index in [9.17, 15) is 18.4 Å². The van der Waals surface area contributed by atoms with Crippen molar-refractivity contribution in [1.29, 1.82) is 0 Å². The highest BCUT2D eigenvalue weighted by Crippen LogP contribution is 2.25. The second-order valence-electron chi connectivity index (χ2n) is 5.41. The van der Waals surface area contributed by atoms with Crippen molar-refractivity contribution in [2.24, 2.45) is 0 Å². The van der Waals surface area contributed by atoms with Crippen LogP contribution in [0.5, 0.6) is 0 Å². The lowest BCUT2D eigenvalue weighted by molar-refractivity contribution is -0.185. The largest absolute Gasteiger partial charge is 0.467 e. The van der Waals surface area contributed by atoms with Crippen molar-refractivity contribution in [2.75, 3.05) is 20.2 Å². The lowest BCUT2D eigenvalue weighted by Crippen LogP contribution is -2.57. The standard InChI is InChI=1S/C12H19F2NO4/c1-11(2)7-15(9(16)5-12(3,13)14)6-8(19-11)10(17)18-4/h8H,5-7H2,1-4H3. The van der Waals surface area contributed by atoms with Gasteiger partial charge in [-0.25, -0.2) is 13.6 Å². The zero-order chi connectivity index (χ0) is 14.8. The molecule has 5 nitrogen and oxygen atoms in total. The third kappa shape index (κ3) is 4.74. The fraction of sp³-hybridized carbons (Fsp3) is 0.833. The molecule has 0 aromatic rings. The zero-order valence-electron chi connectivity index (χ0n) is 11.5. The average molecular weight is 279 g/mol. The molecular formula is C12H19F2NO4. The summed E-state index contributed by atoms with van der Waals surface area (Å²) in [5.74, 6) is -4.38. The lowest BCUT2D eigenvalue weighted by atomic mass is 10.0. The maximum absolute atomic E-state index is 12.9. The Balaban J connectivity index is 2.78. The summed E-state index contributed by atoms with van der Waals surface area (Å²) < 4.78 is 35.8. The van der Waals surface area contributed by atoms with Crippen LogP contribution in [-0.4, -0.2) is 54.6 Å². The van der Waals surface area contributed by atoms with Crippen molar-refractivity contribution in [3.8, 4) is 0 Å². The molecule has 1 fully saturated rings. The van der Waals surface area contributed by atoms with Gasteiger partial charge in [0.1, 0.15) is 0 Å². The van der Waals surface area contributed by atoms with Gasteiger partial charge in [0.15, 0.2) is 6.10 Å². The van der Waals surface area contributed by atoms with Gasteiger partial charge in [-0.05, 0) is 20.8 Å². The van der Waals surface area contributed by atoms with Crippen molar-refractivity contribution >= 4 is 11.9 Å². The van der Waals surface area contributed by atoms with Gasteiger partial charge in [0.25, 0.3) is 5.92 Å². The Morgan fingerprint density at radius 2 is 2.05 bits per heavy atom. The predicted molar refractivity (Wildman–Crippen MR) is 62.8 cm³/mol. The molecule has 0 aliphatic carbocycles. The van der Waals surface area contributed by atoms with E-state index in [1.807, 2.05) is 0 Å². The number of morpholine rings is 1. The minimum Gasteiger partial charge on any atom is -0.467 e. The first-order valence-corrected chi connectivity index (χ1v) is 5.95. The summed E-state index contributed by atoms with van der Waals surface area (Å²) in [5.41, 5.74) is -0.782. The number of carbonyl (C=O) groups excluding carboxylic acids is 2. The van der Waals surface area contributed by atoms with Crippen molar-refractivity contribution in [1.82, 2.24) is 4.90 Å². The van der Waals surface area contributed by atoms with Gasteiger partial charge in [-0.2, -0.15) is 0 Å². The van der Waals surface area contributed by atoms with E-state index in [0.29, 0.717) is 6.92 Å². The van der Waals surface area contributed by atoms with Crippen LogP contribution in [0.1, 0.15) is 27.2 Å². The molecule has 1 aliphatic rings. The number of nitrogens with zero attached hydrogens (tertiary/aromatic N) is 1. The lowest BCUT2D eigenvalue weighted by Gasteiger charge is -2.41. The Labute approximate surface area is 110 Å². The van der Waals surface area contributed by atoms with Crippen molar-refractivity contribution in [3.63, 3.8) is 0 Å². The zero-order valence-corrected chi connectivity index (χ0v) is 11.5. The quantitative estimate of drug-likeness (QED) is 0.729. The van der Waals surface area contributed by atoms with Gasteiger partial charge in [-0.15, -0.1) is 0 Å². The van der Waals surface area contributed by atoms with Crippen LogP contribution < -0.4 is 0 Å². The van der Waals surface area contributed by atoms with E-state index >= 15 is 0 Å². The topological polar surface area (TPSA) is 55.8 Å². The average Bonchev–Trinajstić information content (AvgIpc) is 2.23. The molecular weight excluding hydrogens is 260 g/mol. The summed E-state index contributed by atoms with van der Waals surface area (Å²) in [6.07, 6.45) is -1.82. The Bertz CT molecular complexity index is 365. The molecule has 1 rings (SSSR count). The van der Waals surface area contributed by atoms with Gasteiger partial charge in [0, 0.05) is 6.54 Å². The third-order valence-corrected chi connectivity index (χ3v) is 2.70.